The zero-order valence-corrected chi connectivity index (χ0v) is 13.5. The Bertz CT molecular complexity index is 1020. The van der Waals surface area contributed by atoms with E-state index in [1.54, 1.807) is 31.6 Å². The number of hydrogen-bond donors (Lipinski definition) is 0. The first-order valence-corrected chi connectivity index (χ1v) is 7.67. The Morgan fingerprint density at radius 1 is 0.840 bits per heavy atom. The molecule has 25 heavy (non-hydrogen) atoms. The monoisotopic (exact) mass is 330 g/mol. The number of fused-ring (bicyclic) bond motifs is 1. The van der Waals surface area contributed by atoms with E-state index in [0.29, 0.717) is 17.5 Å². The van der Waals surface area contributed by atoms with E-state index in [0.717, 1.165) is 22.2 Å². The van der Waals surface area contributed by atoms with Gasteiger partial charge in [-0.15, -0.1) is 0 Å². The molecule has 122 valence electrons. The van der Waals surface area contributed by atoms with Crippen LogP contribution < -0.4 is 9.47 Å². The van der Waals surface area contributed by atoms with Gasteiger partial charge in [-0.3, -0.25) is 4.98 Å². The Hall–Kier alpha value is -3.54. The van der Waals surface area contributed by atoms with Crippen LogP contribution in [0.4, 0.5) is 0 Å². The highest BCUT2D eigenvalue weighted by molar-refractivity contribution is 5.79. The number of benzene rings is 1. The van der Waals surface area contributed by atoms with E-state index in [2.05, 4.69) is 19.9 Å². The van der Waals surface area contributed by atoms with E-state index in [4.69, 9.17) is 9.47 Å². The van der Waals surface area contributed by atoms with Crippen molar-refractivity contribution in [2.45, 2.75) is 0 Å². The summed E-state index contributed by atoms with van der Waals surface area (Å²) in [7, 11) is 1.58. The average Bonchev–Trinajstić information content (AvgIpc) is 2.68. The summed E-state index contributed by atoms with van der Waals surface area (Å²) in [6, 6.07) is 15.1. The summed E-state index contributed by atoms with van der Waals surface area (Å²) in [4.78, 5) is 17.0. The van der Waals surface area contributed by atoms with Gasteiger partial charge in [-0.1, -0.05) is 6.07 Å². The first-order valence-electron chi connectivity index (χ1n) is 7.67. The lowest BCUT2D eigenvalue weighted by Gasteiger charge is -2.07. The van der Waals surface area contributed by atoms with Gasteiger partial charge in [-0.05, 0) is 24.3 Å². The van der Waals surface area contributed by atoms with E-state index < -0.39 is 0 Å². The molecule has 6 heteroatoms. The molecule has 0 N–H and O–H groups in total. The molecule has 0 saturated heterocycles. The van der Waals surface area contributed by atoms with E-state index >= 15 is 0 Å². The van der Waals surface area contributed by atoms with Gasteiger partial charge in [0.2, 0.25) is 11.8 Å². The van der Waals surface area contributed by atoms with Gasteiger partial charge >= 0.3 is 0 Å². The normalized spacial score (nSPS) is 10.6. The predicted molar refractivity (Wildman–Crippen MR) is 93.6 cm³/mol. The van der Waals surface area contributed by atoms with Crippen LogP contribution in [0.15, 0.2) is 67.3 Å². The second kappa shape index (κ2) is 6.52. The summed E-state index contributed by atoms with van der Waals surface area (Å²) in [6.07, 6.45) is 4.92. The van der Waals surface area contributed by atoms with Crippen LogP contribution in [0, 0.1) is 0 Å². The van der Waals surface area contributed by atoms with Crippen molar-refractivity contribution in [3.8, 4) is 28.8 Å². The van der Waals surface area contributed by atoms with Gasteiger partial charge in [-0.25, -0.2) is 15.0 Å². The molecule has 0 radical (unpaired) electrons. The molecule has 3 aromatic heterocycles. The third-order valence-corrected chi connectivity index (χ3v) is 3.68. The molecule has 0 spiro atoms. The molecule has 0 aliphatic carbocycles. The third-order valence-electron chi connectivity index (χ3n) is 3.68. The number of ether oxygens (including phenoxy) is 2. The topological polar surface area (TPSA) is 70.0 Å². The van der Waals surface area contributed by atoms with Crippen molar-refractivity contribution in [2.75, 3.05) is 7.11 Å². The zero-order valence-electron chi connectivity index (χ0n) is 13.5. The van der Waals surface area contributed by atoms with Crippen LogP contribution in [0.25, 0.3) is 22.2 Å². The van der Waals surface area contributed by atoms with E-state index in [1.807, 2.05) is 36.4 Å². The number of nitrogens with zero attached hydrogens (tertiary/aromatic N) is 4. The fraction of sp³-hybridized carbons (Fsp3) is 0.0526. The number of hydrogen-bond acceptors (Lipinski definition) is 6. The van der Waals surface area contributed by atoms with E-state index in [9.17, 15) is 0 Å². The van der Waals surface area contributed by atoms with Gasteiger partial charge in [0.15, 0.2) is 0 Å². The first kappa shape index (κ1) is 15.0. The zero-order chi connectivity index (χ0) is 17.1. The van der Waals surface area contributed by atoms with Gasteiger partial charge in [0.25, 0.3) is 0 Å². The molecule has 6 nitrogen and oxygen atoms in total. The highest BCUT2D eigenvalue weighted by Crippen LogP contribution is 2.26. The number of rotatable bonds is 4. The standard InChI is InChI=1S/C19H14N4O2/c1-24-18-7-5-14(11-21-18)17-10-19(23-12-22-17)25-15-6-4-13-3-2-8-20-16(13)9-15/h2-12H,1H3. The lowest BCUT2D eigenvalue weighted by atomic mass is 10.2. The van der Waals surface area contributed by atoms with Crippen molar-refractivity contribution in [3.05, 3.63) is 67.3 Å². The van der Waals surface area contributed by atoms with E-state index in [1.165, 1.54) is 6.33 Å². The molecule has 0 aliphatic rings. The summed E-state index contributed by atoms with van der Waals surface area (Å²) in [5.41, 5.74) is 2.45. The van der Waals surface area contributed by atoms with Gasteiger partial charge < -0.3 is 9.47 Å². The second-order valence-corrected chi connectivity index (χ2v) is 5.29. The summed E-state index contributed by atoms with van der Waals surface area (Å²) in [6.45, 7) is 0. The van der Waals surface area contributed by atoms with Gasteiger partial charge in [0.1, 0.15) is 12.1 Å². The maximum Gasteiger partial charge on any atom is 0.222 e. The maximum absolute atomic E-state index is 5.86. The Balaban J connectivity index is 1.61. The van der Waals surface area contributed by atoms with Crippen molar-refractivity contribution >= 4 is 10.9 Å². The molecule has 0 atom stereocenters. The number of pyridine rings is 2. The van der Waals surface area contributed by atoms with Crippen LogP contribution in [0.5, 0.6) is 17.5 Å². The van der Waals surface area contributed by atoms with Crippen molar-refractivity contribution in [1.29, 1.82) is 0 Å². The Morgan fingerprint density at radius 2 is 1.80 bits per heavy atom. The lowest BCUT2D eigenvalue weighted by Crippen LogP contribution is -1.93. The molecule has 0 aliphatic heterocycles. The van der Waals surface area contributed by atoms with Crippen LogP contribution in [0.3, 0.4) is 0 Å². The fourth-order valence-electron chi connectivity index (χ4n) is 2.44. The molecule has 4 aromatic rings. The highest BCUT2D eigenvalue weighted by atomic mass is 16.5. The number of aromatic nitrogens is 4. The summed E-state index contributed by atoms with van der Waals surface area (Å²) < 4.78 is 10.9. The molecular formula is C19H14N4O2. The van der Waals surface area contributed by atoms with Crippen LogP contribution in [0.1, 0.15) is 0 Å². The summed E-state index contributed by atoms with van der Waals surface area (Å²) in [5.74, 6) is 1.68. The van der Waals surface area contributed by atoms with Crippen LogP contribution in [-0.2, 0) is 0 Å². The van der Waals surface area contributed by atoms with Gasteiger partial charge in [-0.2, -0.15) is 0 Å². The van der Waals surface area contributed by atoms with Crippen molar-refractivity contribution in [2.24, 2.45) is 0 Å². The van der Waals surface area contributed by atoms with Crippen molar-refractivity contribution in [3.63, 3.8) is 0 Å². The number of methoxy groups -OCH3 is 1. The molecule has 4 rings (SSSR count). The molecule has 0 amide bonds. The average molecular weight is 330 g/mol. The molecule has 0 unspecified atom stereocenters. The highest BCUT2D eigenvalue weighted by Gasteiger charge is 2.06. The van der Waals surface area contributed by atoms with Crippen LogP contribution in [-0.4, -0.2) is 27.0 Å². The smallest absolute Gasteiger partial charge is 0.222 e. The minimum atomic E-state index is 0.455. The summed E-state index contributed by atoms with van der Waals surface area (Å²) >= 11 is 0. The van der Waals surface area contributed by atoms with Crippen LogP contribution >= 0.6 is 0 Å². The quantitative estimate of drug-likeness (QED) is 0.565. The molecule has 0 saturated carbocycles. The molecule has 3 heterocycles. The minimum Gasteiger partial charge on any atom is -0.481 e. The van der Waals surface area contributed by atoms with Gasteiger partial charge in [0, 0.05) is 41.5 Å². The predicted octanol–water partition coefficient (Wildman–Crippen LogP) is 3.89. The van der Waals surface area contributed by atoms with Crippen molar-refractivity contribution < 1.29 is 9.47 Å². The largest absolute Gasteiger partial charge is 0.481 e. The third kappa shape index (κ3) is 3.23. The summed E-state index contributed by atoms with van der Waals surface area (Å²) in [5, 5.41) is 1.06. The first-order chi connectivity index (χ1) is 12.3. The van der Waals surface area contributed by atoms with E-state index in [-0.39, 0.29) is 0 Å². The Labute approximate surface area is 144 Å². The minimum absolute atomic E-state index is 0.455. The SMILES string of the molecule is COc1ccc(-c2cc(Oc3ccc4cccnc4c3)ncn2)cn1. The van der Waals surface area contributed by atoms with Crippen LogP contribution in [0.2, 0.25) is 0 Å². The van der Waals surface area contributed by atoms with Crippen molar-refractivity contribution in [1.82, 2.24) is 19.9 Å². The molecule has 0 fully saturated rings. The maximum atomic E-state index is 5.86. The Morgan fingerprint density at radius 3 is 2.64 bits per heavy atom. The molecule has 0 bridgehead atoms. The molecular weight excluding hydrogens is 316 g/mol. The lowest BCUT2D eigenvalue weighted by molar-refractivity contribution is 0.398. The molecule has 1 aromatic carbocycles. The fourth-order valence-corrected chi connectivity index (χ4v) is 2.44. The Kier molecular flexibility index (Phi) is 3.92. The van der Waals surface area contributed by atoms with Gasteiger partial charge in [0.05, 0.1) is 18.3 Å². The second-order valence-electron chi connectivity index (χ2n) is 5.29.